The van der Waals surface area contributed by atoms with E-state index in [0.29, 0.717) is 6.54 Å². The maximum absolute atomic E-state index is 13.0. The first-order valence-corrected chi connectivity index (χ1v) is 9.71. The van der Waals surface area contributed by atoms with Crippen LogP contribution >= 0.6 is 0 Å². The number of hydrazine groups is 1. The fourth-order valence-corrected chi connectivity index (χ4v) is 4.35. The maximum atomic E-state index is 13.0. The van der Waals surface area contributed by atoms with Gasteiger partial charge >= 0.3 is 0 Å². The molecule has 0 aromatic heterocycles. The Kier molecular flexibility index (Phi) is 6.44. The number of ether oxygens (including phenoxy) is 1. The summed E-state index contributed by atoms with van der Waals surface area (Å²) >= 11 is 0. The van der Waals surface area contributed by atoms with Gasteiger partial charge in [0.25, 0.3) is 0 Å². The normalized spacial score (nSPS) is 38.2. The van der Waals surface area contributed by atoms with Crippen molar-refractivity contribution in [3.63, 3.8) is 0 Å². The Morgan fingerprint density at radius 3 is 3.00 bits per heavy atom. The minimum atomic E-state index is -0.504. The van der Waals surface area contributed by atoms with Crippen molar-refractivity contribution in [2.45, 2.75) is 44.2 Å². The van der Waals surface area contributed by atoms with Gasteiger partial charge < -0.3 is 20.7 Å². The van der Waals surface area contributed by atoms with Crippen molar-refractivity contribution in [3.8, 4) is 6.07 Å². The molecule has 9 nitrogen and oxygen atoms in total. The van der Waals surface area contributed by atoms with Crippen molar-refractivity contribution in [1.82, 2.24) is 20.7 Å². The third-order valence-corrected chi connectivity index (χ3v) is 5.99. The number of nitrogens with one attached hydrogen (secondary N) is 2. The highest BCUT2D eigenvalue weighted by molar-refractivity contribution is 5.81. The number of rotatable bonds is 5. The summed E-state index contributed by atoms with van der Waals surface area (Å²) in [6, 6.07) is 2.28. The summed E-state index contributed by atoms with van der Waals surface area (Å²) in [5.41, 5.74) is 9.41. The zero-order valence-electron chi connectivity index (χ0n) is 16.3. The molecule has 0 aromatic rings. The molecule has 7 unspecified atom stereocenters. The number of methoxy groups -OCH3 is 1. The second-order valence-corrected chi connectivity index (χ2v) is 7.79. The van der Waals surface area contributed by atoms with Crippen LogP contribution in [0.2, 0.25) is 0 Å². The smallest absolute Gasteiger partial charge is 0.230 e. The van der Waals surface area contributed by atoms with Crippen molar-refractivity contribution in [3.05, 3.63) is 0 Å². The highest BCUT2D eigenvalue weighted by Gasteiger charge is 2.47. The Labute approximate surface area is 160 Å². The second-order valence-electron chi connectivity index (χ2n) is 7.79. The highest BCUT2D eigenvalue weighted by Crippen LogP contribution is 2.28. The average Bonchev–Trinajstić information content (AvgIpc) is 2.98. The van der Waals surface area contributed by atoms with E-state index in [2.05, 4.69) is 26.7 Å². The number of carbonyl (C=O) groups is 1. The fraction of sp³-hybridized carbons (Fsp3) is 0.833. The summed E-state index contributed by atoms with van der Waals surface area (Å²) in [4.78, 5) is 19.8. The van der Waals surface area contributed by atoms with Crippen molar-refractivity contribution in [2.75, 3.05) is 33.8 Å². The van der Waals surface area contributed by atoms with Gasteiger partial charge in [-0.05, 0) is 19.9 Å². The number of piperidine rings is 1. The molecule has 2 saturated heterocycles. The summed E-state index contributed by atoms with van der Waals surface area (Å²) in [7, 11) is 3.73. The van der Waals surface area contributed by atoms with E-state index in [1.807, 2.05) is 25.2 Å². The minimum absolute atomic E-state index is 0.00650. The number of nitrogens with two attached hydrogens (primary N) is 1. The molecule has 1 amide bonds. The predicted molar refractivity (Wildman–Crippen MR) is 101 cm³/mol. The number of hydrogen-bond donors (Lipinski definition) is 3. The number of aliphatic imine (C=N–C) groups is 1. The summed E-state index contributed by atoms with van der Waals surface area (Å²) in [6.45, 7) is 4.33. The van der Waals surface area contributed by atoms with Crippen LogP contribution in [0.15, 0.2) is 4.99 Å². The molecular formula is C18H31N7O2. The van der Waals surface area contributed by atoms with E-state index in [9.17, 15) is 10.1 Å². The second kappa shape index (κ2) is 8.63. The molecule has 2 fully saturated rings. The van der Waals surface area contributed by atoms with Gasteiger partial charge in [0, 0.05) is 38.9 Å². The topological polar surface area (TPSA) is 119 Å². The van der Waals surface area contributed by atoms with E-state index in [1.54, 1.807) is 7.11 Å². The molecule has 0 spiro atoms. The number of likely N-dealkylation sites (N-methyl/N-ethyl adjacent to an activating group) is 1. The Balaban J connectivity index is 1.68. The molecule has 9 heteroatoms. The number of nitriles is 1. The van der Waals surface area contributed by atoms with E-state index in [4.69, 9.17) is 10.5 Å². The molecule has 150 valence electrons. The molecule has 3 heterocycles. The van der Waals surface area contributed by atoms with Crippen LogP contribution in [-0.4, -0.2) is 80.3 Å². The van der Waals surface area contributed by atoms with Gasteiger partial charge in [0.15, 0.2) is 0 Å². The van der Waals surface area contributed by atoms with Crippen LogP contribution < -0.4 is 16.5 Å². The van der Waals surface area contributed by atoms with Gasteiger partial charge in [0.1, 0.15) is 12.1 Å². The predicted octanol–water partition coefficient (Wildman–Crippen LogP) is -0.881. The molecule has 3 rings (SSSR count). The van der Waals surface area contributed by atoms with Gasteiger partial charge in [-0.15, -0.1) is 0 Å². The molecule has 0 saturated carbocycles. The van der Waals surface area contributed by atoms with Crippen LogP contribution in [0, 0.1) is 29.1 Å². The lowest BCUT2D eigenvalue weighted by Gasteiger charge is -2.37. The van der Waals surface area contributed by atoms with Crippen molar-refractivity contribution in [1.29, 1.82) is 5.26 Å². The van der Waals surface area contributed by atoms with Crippen molar-refractivity contribution >= 4 is 12.1 Å². The summed E-state index contributed by atoms with van der Waals surface area (Å²) in [6.07, 6.45) is 2.66. The summed E-state index contributed by atoms with van der Waals surface area (Å²) in [5.74, 6) is -0.620. The first-order valence-electron chi connectivity index (χ1n) is 9.71. The zero-order valence-corrected chi connectivity index (χ0v) is 16.3. The van der Waals surface area contributed by atoms with Gasteiger partial charge in [-0.3, -0.25) is 9.79 Å². The molecule has 0 bridgehead atoms. The van der Waals surface area contributed by atoms with E-state index < -0.39 is 12.1 Å². The van der Waals surface area contributed by atoms with E-state index in [0.717, 1.165) is 25.9 Å². The first-order chi connectivity index (χ1) is 13.0. The fourth-order valence-electron chi connectivity index (χ4n) is 4.35. The van der Waals surface area contributed by atoms with Gasteiger partial charge in [0.05, 0.1) is 30.3 Å². The zero-order chi connectivity index (χ0) is 19.6. The number of carbonyl (C=O) groups excluding carboxylic acids is 1. The Bertz CT molecular complexity index is 607. The third-order valence-electron chi connectivity index (χ3n) is 5.99. The first kappa shape index (κ1) is 20.2. The molecule has 27 heavy (non-hydrogen) atoms. The van der Waals surface area contributed by atoms with Crippen LogP contribution in [-0.2, 0) is 9.53 Å². The minimum Gasteiger partial charge on any atom is -0.379 e. The number of fused-ring (bicyclic) bond motifs is 1. The number of nitrogens with zero attached hydrogens (tertiary/aromatic N) is 4. The molecular weight excluding hydrogens is 346 g/mol. The highest BCUT2D eigenvalue weighted by atomic mass is 16.5. The maximum Gasteiger partial charge on any atom is 0.230 e. The van der Waals surface area contributed by atoms with Crippen LogP contribution in [0.5, 0.6) is 0 Å². The molecule has 0 aromatic carbocycles. The molecule has 7 atom stereocenters. The van der Waals surface area contributed by atoms with Crippen LogP contribution in [0.1, 0.15) is 19.8 Å². The lowest BCUT2D eigenvalue weighted by molar-refractivity contribution is -0.128. The molecule has 4 N–H and O–H groups in total. The van der Waals surface area contributed by atoms with E-state index in [-0.39, 0.29) is 36.1 Å². The number of hydrogen-bond acceptors (Lipinski definition) is 8. The monoisotopic (exact) mass is 377 g/mol. The Hall–Kier alpha value is -1.57. The SMILES string of the molecule is CCC(C#N)C1C=NC2C(C(=O)NC3CN(C)CCC3OC)C(N)NN2C1. The van der Waals surface area contributed by atoms with Gasteiger partial charge in [-0.2, -0.15) is 5.26 Å². The van der Waals surface area contributed by atoms with Crippen LogP contribution in [0.3, 0.4) is 0 Å². The van der Waals surface area contributed by atoms with Crippen molar-refractivity contribution < 1.29 is 9.53 Å². The number of likely N-dealkylation sites (tertiary alicyclic amines) is 1. The quantitative estimate of drug-likeness (QED) is 0.569. The van der Waals surface area contributed by atoms with Crippen LogP contribution in [0.4, 0.5) is 0 Å². The Morgan fingerprint density at radius 1 is 1.56 bits per heavy atom. The van der Waals surface area contributed by atoms with Crippen LogP contribution in [0.25, 0.3) is 0 Å². The standard InChI is InChI=1S/C18H31N7O2/c1-4-11(7-19)12-8-21-17-15(16(20)23-25(17)9-12)18(26)22-13-10-24(2)6-5-14(13)27-3/h8,11-17,23H,4-6,9-10,20H2,1-3H3,(H,22,26). The van der Waals surface area contributed by atoms with Gasteiger partial charge in [0.2, 0.25) is 5.91 Å². The Morgan fingerprint density at radius 2 is 2.33 bits per heavy atom. The largest absolute Gasteiger partial charge is 0.379 e. The lowest BCUT2D eigenvalue weighted by atomic mass is 9.90. The summed E-state index contributed by atoms with van der Waals surface area (Å²) in [5, 5.41) is 14.4. The van der Waals surface area contributed by atoms with Gasteiger partial charge in [-0.1, -0.05) is 6.92 Å². The average molecular weight is 377 g/mol. The molecule has 0 radical (unpaired) electrons. The molecule has 0 aliphatic carbocycles. The lowest BCUT2D eigenvalue weighted by Crippen LogP contribution is -2.58. The van der Waals surface area contributed by atoms with Gasteiger partial charge in [-0.25, -0.2) is 10.4 Å². The summed E-state index contributed by atoms with van der Waals surface area (Å²) < 4.78 is 5.56. The molecule has 3 aliphatic heterocycles. The van der Waals surface area contributed by atoms with Crippen molar-refractivity contribution in [2.24, 2.45) is 28.5 Å². The van der Waals surface area contributed by atoms with E-state index >= 15 is 0 Å². The van der Waals surface area contributed by atoms with E-state index in [1.165, 1.54) is 0 Å². The third kappa shape index (κ3) is 4.15. The number of amides is 1. The molecule has 3 aliphatic rings.